The summed E-state index contributed by atoms with van der Waals surface area (Å²) in [7, 11) is 0. The van der Waals surface area contributed by atoms with Gasteiger partial charge in [0.1, 0.15) is 18.1 Å². The maximum absolute atomic E-state index is 8.92. The van der Waals surface area contributed by atoms with E-state index in [9.17, 15) is 0 Å². The van der Waals surface area contributed by atoms with Gasteiger partial charge in [-0.15, -0.1) is 0 Å². The van der Waals surface area contributed by atoms with E-state index >= 15 is 0 Å². The number of aliphatic hydroxyl groups excluding tert-OH is 1. The van der Waals surface area contributed by atoms with Crippen LogP contribution in [0.2, 0.25) is 0 Å². The second kappa shape index (κ2) is 5.05. The zero-order valence-corrected chi connectivity index (χ0v) is 10.3. The number of aliphatic hydroxyl groups is 1. The zero-order valence-electron chi connectivity index (χ0n) is 8.67. The van der Waals surface area contributed by atoms with Crippen molar-refractivity contribution < 1.29 is 9.52 Å². The van der Waals surface area contributed by atoms with Crippen molar-refractivity contribution in [3.8, 4) is 11.3 Å². The molecule has 1 aromatic carbocycles. The molecule has 0 radical (unpaired) electrons. The summed E-state index contributed by atoms with van der Waals surface area (Å²) < 4.78 is 6.18. The van der Waals surface area contributed by atoms with E-state index in [1.165, 1.54) is 0 Å². The summed E-state index contributed by atoms with van der Waals surface area (Å²) in [6, 6.07) is 8.67. The van der Waals surface area contributed by atoms with E-state index in [0.29, 0.717) is 17.2 Å². The van der Waals surface area contributed by atoms with Crippen LogP contribution in [-0.4, -0.2) is 5.11 Å². The average Bonchev–Trinajstić information content (AvgIpc) is 2.78. The molecule has 1 N–H and O–H groups in total. The molecule has 0 spiro atoms. The minimum Gasteiger partial charge on any atom is -0.459 e. The first-order valence-electron chi connectivity index (χ1n) is 4.79. The molecule has 2 rings (SSSR count). The Morgan fingerprint density at radius 2 is 2.18 bits per heavy atom. The predicted octanol–water partition coefficient (Wildman–Crippen LogP) is 4.14. The molecular formula is C11H8BrN3O2. The fourth-order valence-corrected chi connectivity index (χ4v) is 1.99. The Hall–Kier alpha value is -1.75. The van der Waals surface area contributed by atoms with E-state index < -0.39 is 0 Å². The quantitative estimate of drug-likeness (QED) is 0.524. The molecule has 0 unspecified atom stereocenters. The normalized spacial score (nSPS) is 10.0. The Bertz CT molecular complexity index is 588. The van der Waals surface area contributed by atoms with E-state index in [2.05, 4.69) is 26.0 Å². The molecule has 6 heteroatoms. The van der Waals surface area contributed by atoms with Crippen LogP contribution in [0.1, 0.15) is 5.76 Å². The molecule has 17 heavy (non-hydrogen) atoms. The van der Waals surface area contributed by atoms with E-state index in [-0.39, 0.29) is 6.61 Å². The number of hydrogen-bond acceptors (Lipinski definition) is 3. The Balaban J connectivity index is 2.42. The lowest BCUT2D eigenvalue weighted by molar-refractivity contribution is 0.248. The lowest BCUT2D eigenvalue weighted by atomic mass is 10.1. The molecule has 0 saturated heterocycles. The third-order valence-corrected chi connectivity index (χ3v) is 2.85. The van der Waals surface area contributed by atoms with E-state index in [1.54, 1.807) is 30.3 Å². The van der Waals surface area contributed by atoms with Crippen molar-refractivity contribution in [2.75, 3.05) is 0 Å². The molecule has 0 aliphatic heterocycles. The molecule has 86 valence electrons. The lowest BCUT2D eigenvalue weighted by Crippen LogP contribution is -1.77. The van der Waals surface area contributed by atoms with Crippen molar-refractivity contribution in [1.82, 2.24) is 0 Å². The monoisotopic (exact) mass is 293 g/mol. The number of furan rings is 1. The van der Waals surface area contributed by atoms with Crippen LogP contribution < -0.4 is 0 Å². The minimum atomic E-state index is -0.131. The number of nitrogens with zero attached hydrogens (tertiary/aromatic N) is 3. The number of rotatable bonds is 3. The van der Waals surface area contributed by atoms with Gasteiger partial charge in [-0.2, -0.15) is 0 Å². The summed E-state index contributed by atoms with van der Waals surface area (Å²) >= 11 is 3.38. The van der Waals surface area contributed by atoms with Crippen molar-refractivity contribution in [3.05, 3.63) is 51.0 Å². The summed E-state index contributed by atoms with van der Waals surface area (Å²) in [6.45, 7) is -0.131. The highest BCUT2D eigenvalue weighted by molar-refractivity contribution is 9.10. The highest BCUT2D eigenvalue weighted by atomic mass is 79.9. The third-order valence-electron chi connectivity index (χ3n) is 2.20. The van der Waals surface area contributed by atoms with Gasteiger partial charge in [-0.25, -0.2) is 0 Å². The molecule has 0 fully saturated rings. The zero-order chi connectivity index (χ0) is 12.3. The largest absolute Gasteiger partial charge is 0.459 e. The van der Waals surface area contributed by atoms with Crippen molar-refractivity contribution in [3.63, 3.8) is 0 Å². The van der Waals surface area contributed by atoms with Crippen LogP contribution in [0.25, 0.3) is 21.8 Å². The van der Waals surface area contributed by atoms with Crippen LogP contribution in [-0.2, 0) is 6.61 Å². The van der Waals surface area contributed by atoms with Gasteiger partial charge in [0.25, 0.3) is 0 Å². The summed E-state index contributed by atoms with van der Waals surface area (Å²) in [6.07, 6.45) is 0. The maximum Gasteiger partial charge on any atom is 0.135 e. The van der Waals surface area contributed by atoms with Gasteiger partial charge in [0, 0.05) is 20.6 Å². The van der Waals surface area contributed by atoms with Gasteiger partial charge in [0.15, 0.2) is 0 Å². The van der Waals surface area contributed by atoms with E-state index in [0.717, 1.165) is 10.0 Å². The first-order chi connectivity index (χ1) is 8.24. The van der Waals surface area contributed by atoms with Gasteiger partial charge in [0.05, 0.1) is 0 Å². The predicted molar refractivity (Wildman–Crippen MR) is 66.6 cm³/mol. The van der Waals surface area contributed by atoms with Gasteiger partial charge in [-0.05, 0) is 29.8 Å². The summed E-state index contributed by atoms with van der Waals surface area (Å²) in [4.78, 5) is 2.71. The van der Waals surface area contributed by atoms with Crippen molar-refractivity contribution >= 4 is 21.6 Å². The molecule has 0 amide bonds. The molecule has 5 nitrogen and oxygen atoms in total. The van der Waals surface area contributed by atoms with Crippen LogP contribution >= 0.6 is 15.9 Å². The van der Waals surface area contributed by atoms with Crippen LogP contribution in [0.5, 0.6) is 0 Å². The lowest BCUT2D eigenvalue weighted by Gasteiger charge is -2.01. The summed E-state index contributed by atoms with van der Waals surface area (Å²) in [5.74, 6) is 1.15. The number of azide groups is 1. The summed E-state index contributed by atoms with van der Waals surface area (Å²) in [5.41, 5.74) is 9.69. The highest BCUT2D eigenvalue weighted by Crippen LogP contribution is 2.32. The summed E-state index contributed by atoms with van der Waals surface area (Å²) in [5, 5.41) is 12.4. The molecule has 0 bridgehead atoms. The second-order valence-electron chi connectivity index (χ2n) is 3.28. The third kappa shape index (κ3) is 2.50. The average molecular weight is 294 g/mol. The Morgan fingerprint density at radius 3 is 2.76 bits per heavy atom. The number of halogens is 1. The van der Waals surface area contributed by atoms with Gasteiger partial charge in [-0.3, -0.25) is 0 Å². The van der Waals surface area contributed by atoms with Crippen molar-refractivity contribution in [1.29, 1.82) is 0 Å². The van der Waals surface area contributed by atoms with Crippen LogP contribution in [0.15, 0.2) is 44.3 Å². The Kier molecular flexibility index (Phi) is 3.49. The molecule has 0 saturated carbocycles. The number of benzene rings is 1. The molecule has 1 aromatic heterocycles. The fraction of sp³-hybridized carbons (Fsp3) is 0.0909. The SMILES string of the molecule is [N-]=[N+]=Nc1ccc(-c2ccc(CO)o2)c(Br)c1. The van der Waals surface area contributed by atoms with Gasteiger partial charge < -0.3 is 9.52 Å². The molecule has 0 aliphatic carbocycles. The van der Waals surface area contributed by atoms with Crippen LogP contribution in [0.4, 0.5) is 5.69 Å². The van der Waals surface area contributed by atoms with E-state index in [4.69, 9.17) is 15.1 Å². The van der Waals surface area contributed by atoms with Crippen LogP contribution in [0, 0.1) is 0 Å². The van der Waals surface area contributed by atoms with Gasteiger partial charge in [-0.1, -0.05) is 27.1 Å². The van der Waals surface area contributed by atoms with Crippen molar-refractivity contribution in [2.45, 2.75) is 6.61 Å². The molecule has 2 aromatic rings. The minimum absolute atomic E-state index is 0.131. The molecule has 0 atom stereocenters. The highest BCUT2D eigenvalue weighted by Gasteiger charge is 2.08. The maximum atomic E-state index is 8.92. The van der Waals surface area contributed by atoms with Gasteiger partial charge in [0.2, 0.25) is 0 Å². The second-order valence-corrected chi connectivity index (χ2v) is 4.13. The van der Waals surface area contributed by atoms with Gasteiger partial charge >= 0.3 is 0 Å². The first kappa shape index (κ1) is 11.7. The molecule has 1 heterocycles. The molecule has 0 aliphatic rings. The Morgan fingerprint density at radius 1 is 1.35 bits per heavy atom. The number of hydrogen-bond donors (Lipinski definition) is 1. The topological polar surface area (TPSA) is 82.1 Å². The first-order valence-corrected chi connectivity index (χ1v) is 5.58. The van der Waals surface area contributed by atoms with Crippen molar-refractivity contribution in [2.24, 2.45) is 5.11 Å². The van der Waals surface area contributed by atoms with Crippen LogP contribution in [0.3, 0.4) is 0 Å². The Labute approximate surface area is 105 Å². The molecular weight excluding hydrogens is 286 g/mol. The smallest absolute Gasteiger partial charge is 0.135 e. The standard InChI is InChI=1S/C11H8BrN3O2/c12-10-5-7(14-15-13)1-3-9(10)11-4-2-8(6-16)17-11/h1-5,16H,6H2. The van der Waals surface area contributed by atoms with E-state index in [1.807, 2.05) is 0 Å². The fourth-order valence-electron chi connectivity index (χ4n) is 1.43.